The number of hydrogen-bond acceptors (Lipinski definition) is 1. The van der Waals surface area contributed by atoms with Gasteiger partial charge in [-0.25, -0.2) is 4.39 Å². The molecule has 0 aliphatic carbocycles. The molecule has 1 nitrogen and oxygen atoms in total. The van der Waals surface area contributed by atoms with Crippen molar-refractivity contribution in [2.75, 3.05) is 5.32 Å². The van der Waals surface area contributed by atoms with Gasteiger partial charge < -0.3 is 5.32 Å². The number of anilines is 1. The van der Waals surface area contributed by atoms with Crippen LogP contribution in [0.2, 0.25) is 5.02 Å². The molecule has 0 aliphatic rings. The molecule has 0 heterocycles. The zero-order chi connectivity index (χ0) is 13.1. The molecule has 0 saturated carbocycles. The van der Waals surface area contributed by atoms with E-state index >= 15 is 0 Å². The average Bonchev–Trinajstić information content (AvgIpc) is 2.32. The molecule has 0 saturated heterocycles. The Morgan fingerprint density at radius 1 is 1.22 bits per heavy atom. The van der Waals surface area contributed by atoms with E-state index in [2.05, 4.69) is 21.2 Å². The zero-order valence-corrected chi connectivity index (χ0v) is 12.1. The molecule has 0 fully saturated rings. The van der Waals surface area contributed by atoms with Crippen molar-refractivity contribution in [3.8, 4) is 0 Å². The van der Waals surface area contributed by atoms with Gasteiger partial charge in [-0.2, -0.15) is 0 Å². The lowest BCUT2D eigenvalue weighted by molar-refractivity contribution is 0.618. The van der Waals surface area contributed by atoms with Crippen molar-refractivity contribution in [1.29, 1.82) is 0 Å². The SMILES string of the molecule is Cc1cc(NCc2ccc(Cl)cc2Br)ccc1F. The molecule has 0 amide bonds. The van der Waals surface area contributed by atoms with Gasteiger partial charge >= 0.3 is 0 Å². The van der Waals surface area contributed by atoms with E-state index in [1.54, 1.807) is 19.1 Å². The van der Waals surface area contributed by atoms with E-state index in [1.807, 2.05) is 18.2 Å². The van der Waals surface area contributed by atoms with Gasteiger partial charge in [0.25, 0.3) is 0 Å². The summed E-state index contributed by atoms with van der Waals surface area (Å²) in [7, 11) is 0. The smallest absolute Gasteiger partial charge is 0.126 e. The van der Waals surface area contributed by atoms with E-state index in [-0.39, 0.29) is 5.82 Å². The van der Waals surface area contributed by atoms with Gasteiger partial charge in [0.1, 0.15) is 5.82 Å². The fourth-order valence-corrected chi connectivity index (χ4v) is 2.44. The van der Waals surface area contributed by atoms with E-state index in [0.717, 1.165) is 15.7 Å². The molecule has 0 aliphatic heterocycles. The Morgan fingerprint density at radius 3 is 2.67 bits per heavy atom. The van der Waals surface area contributed by atoms with E-state index in [9.17, 15) is 4.39 Å². The van der Waals surface area contributed by atoms with E-state index in [4.69, 9.17) is 11.6 Å². The first-order valence-electron chi connectivity index (χ1n) is 5.50. The molecule has 0 spiro atoms. The Balaban J connectivity index is 2.09. The summed E-state index contributed by atoms with van der Waals surface area (Å²) in [6, 6.07) is 10.6. The van der Waals surface area contributed by atoms with Gasteiger partial charge in [0.2, 0.25) is 0 Å². The number of halogens is 3. The summed E-state index contributed by atoms with van der Waals surface area (Å²) in [5.74, 6) is -0.187. The molecule has 4 heteroatoms. The molecule has 0 radical (unpaired) electrons. The van der Waals surface area contributed by atoms with Crippen LogP contribution in [0.25, 0.3) is 0 Å². The second-order valence-corrected chi connectivity index (χ2v) is 5.34. The van der Waals surface area contributed by atoms with E-state index in [1.165, 1.54) is 6.07 Å². The van der Waals surface area contributed by atoms with Crippen molar-refractivity contribution in [3.63, 3.8) is 0 Å². The molecular formula is C14H12BrClFN. The van der Waals surface area contributed by atoms with Gasteiger partial charge in [-0.3, -0.25) is 0 Å². The highest BCUT2D eigenvalue weighted by Gasteiger charge is 2.02. The molecule has 2 rings (SSSR count). The van der Waals surface area contributed by atoms with Crippen LogP contribution in [0.1, 0.15) is 11.1 Å². The fraction of sp³-hybridized carbons (Fsp3) is 0.143. The maximum absolute atomic E-state index is 13.1. The molecular weight excluding hydrogens is 317 g/mol. The third-order valence-electron chi connectivity index (χ3n) is 2.66. The largest absolute Gasteiger partial charge is 0.381 e. The van der Waals surface area contributed by atoms with Crippen LogP contribution >= 0.6 is 27.5 Å². The van der Waals surface area contributed by atoms with Gasteiger partial charge in [-0.05, 0) is 48.4 Å². The summed E-state index contributed by atoms with van der Waals surface area (Å²) in [5.41, 5.74) is 2.63. The normalized spacial score (nSPS) is 10.4. The minimum Gasteiger partial charge on any atom is -0.381 e. The van der Waals surface area contributed by atoms with Crippen LogP contribution in [0.4, 0.5) is 10.1 Å². The van der Waals surface area contributed by atoms with Crippen LogP contribution in [0.3, 0.4) is 0 Å². The van der Waals surface area contributed by atoms with Crippen molar-refractivity contribution < 1.29 is 4.39 Å². The molecule has 0 aromatic heterocycles. The molecule has 0 atom stereocenters. The van der Waals surface area contributed by atoms with Crippen molar-refractivity contribution >= 4 is 33.2 Å². The highest BCUT2D eigenvalue weighted by molar-refractivity contribution is 9.10. The highest BCUT2D eigenvalue weighted by atomic mass is 79.9. The number of aryl methyl sites for hydroxylation is 1. The van der Waals surface area contributed by atoms with Gasteiger partial charge in [0.15, 0.2) is 0 Å². The Hall–Kier alpha value is -1.06. The average molecular weight is 329 g/mol. The second kappa shape index (κ2) is 5.72. The molecule has 2 aromatic rings. The van der Waals surface area contributed by atoms with E-state index in [0.29, 0.717) is 17.1 Å². The molecule has 18 heavy (non-hydrogen) atoms. The zero-order valence-electron chi connectivity index (χ0n) is 9.81. The van der Waals surface area contributed by atoms with Crippen LogP contribution in [0, 0.1) is 12.7 Å². The summed E-state index contributed by atoms with van der Waals surface area (Å²) in [6.07, 6.45) is 0. The Morgan fingerprint density at radius 2 is 2.00 bits per heavy atom. The topological polar surface area (TPSA) is 12.0 Å². The minimum absolute atomic E-state index is 0.187. The fourth-order valence-electron chi connectivity index (χ4n) is 1.62. The maximum Gasteiger partial charge on any atom is 0.126 e. The third kappa shape index (κ3) is 3.24. The third-order valence-corrected chi connectivity index (χ3v) is 3.63. The van der Waals surface area contributed by atoms with Crippen LogP contribution in [-0.4, -0.2) is 0 Å². The van der Waals surface area contributed by atoms with Gasteiger partial charge in [-0.1, -0.05) is 33.6 Å². The molecule has 94 valence electrons. The predicted octanol–water partition coefficient (Wildman–Crippen LogP) is 5.16. The van der Waals surface area contributed by atoms with Gasteiger partial charge in [0, 0.05) is 21.7 Å². The lowest BCUT2D eigenvalue weighted by atomic mass is 10.2. The van der Waals surface area contributed by atoms with Crippen molar-refractivity contribution in [2.45, 2.75) is 13.5 Å². The summed E-state index contributed by atoms with van der Waals surface area (Å²) in [4.78, 5) is 0. The summed E-state index contributed by atoms with van der Waals surface area (Å²) in [5, 5.41) is 3.95. The number of nitrogens with one attached hydrogen (secondary N) is 1. The van der Waals surface area contributed by atoms with Gasteiger partial charge in [0.05, 0.1) is 0 Å². The van der Waals surface area contributed by atoms with Crippen LogP contribution < -0.4 is 5.32 Å². The molecule has 0 bridgehead atoms. The Bertz CT molecular complexity index is 572. The first-order valence-corrected chi connectivity index (χ1v) is 6.67. The lowest BCUT2D eigenvalue weighted by Crippen LogP contribution is -2.00. The lowest BCUT2D eigenvalue weighted by Gasteiger charge is -2.09. The van der Waals surface area contributed by atoms with Crippen molar-refractivity contribution in [2.24, 2.45) is 0 Å². The number of hydrogen-bond donors (Lipinski definition) is 1. The molecule has 0 unspecified atom stereocenters. The minimum atomic E-state index is -0.187. The van der Waals surface area contributed by atoms with Crippen LogP contribution in [-0.2, 0) is 6.54 Å². The Kier molecular flexibility index (Phi) is 4.25. The predicted molar refractivity (Wildman–Crippen MR) is 77.6 cm³/mol. The second-order valence-electron chi connectivity index (χ2n) is 4.05. The Labute approximate surface area is 119 Å². The summed E-state index contributed by atoms with van der Waals surface area (Å²) < 4.78 is 14.1. The van der Waals surface area contributed by atoms with E-state index < -0.39 is 0 Å². The van der Waals surface area contributed by atoms with Crippen LogP contribution in [0.15, 0.2) is 40.9 Å². The maximum atomic E-state index is 13.1. The number of benzene rings is 2. The number of rotatable bonds is 3. The highest BCUT2D eigenvalue weighted by Crippen LogP contribution is 2.23. The first-order chi connectivity index (χ1) is 8.56. The standard InChI is InChI=1S/C14H12BrClFN/c1-9-6-12(4-5-14(9)17)18-8-10-2-3-11(16)7-13(10)15/h2-7,18H,8H2,1H3. The van der Waals surface area contributed by atoms with Crippen molar-refractivity contribution in [3.05, 3.63) is 62.8 Å². The summed E-state index contributed by atoms with van der Waals surface area (Å²) in [6.45, 7) is 2.40. The quantitative estimate of drug-likeness (QED) is 0.820. The summed E-state index contributed by atoms with van der Waals surface area (Å²) >= 11 is 9.34. The van der Waals surface area contributed by atoms with Crippen molar-refractivity contribution in [1.82, 2.24) is 0 Å². The monoisotopic (exact) mass is 327 g/mol. The van der Waals surface area contributed by atoms with Gasteiger partial charge in [-0.15, -0.1) is 0 Å². The first kappa shape index (κ1) is 13.4. The molecule has 1 N–H and O–H groups in total. The molecule has 2 aromatic carbocycles. The van der Waals surface area contributed by atoms with Crippen LogP contribution in [0.5, 0.6) is 0 Å².